The second-order valence-corrected chi connectivity index (χ2v) is 8.91. The smallest absolute Gasteiger partial charge is 0.228 e. The summed E-state index contributed by atoms with van der Waals surface area (Å²) in [6.07, 6.45) is 0.211. The minimum atomic E-state index is -0.294. The number of hydrogen-bond donors (Lipinski definition) is 2. The summed E-state index contributed by atoms with van der Waals surface area (Å²) in [5.41, 5.74) is 5.69. The maximum absolute atomic E-state index is 13.7. The fraction of sp³-hybridized carbons (Fsp3) is 0.348. The summed E-state index contributed by atoms with van der Waals surface area (Å²) < 4.78 is 13.7. The Balaban J connectivity index is 1.49. The zero-order chi connectivity index (χ0) is 20.4. The van der Waals surface area contributed by atoms with Gasteiger partial charge < -0.3 is 10.3 Å². The van der Waals surface area contributed by atoms with Crippen molar-refractivity contribution in [2.75, 3.05) is 29.9 Å². The van der Waals surface area contributed by atoms with E-state index < -0.39 is 0 Å². The first-order chi connectivity index (χ1) is 14.0. The van der Waals surface area contributed by atoms with Crippen molar-refractivity contribution in [3.8, 4) is 0 Å². The van der Waals surface area contributed by atoms with E-state index in [1.54, 1.807) is 6.07 Å². The number of anilines is 1. The van der Waals surface area contributed by atoms with Gasteiger partial charge in [0.1, 0.15) is 5.82 Å². The Labute approximate surface area is 174 Å². The van der Waals surface area contributed by atoms with Gasteiger partial charge in [0.05, 0.1) is 6.42 Å². The molecule has 1 aromatic heterocycles. The molecule has 0 radical (unpaired) electrons. The number of aryl methyl sites for hydroxylation is 2. The first kappa shape index (κ1) is 20.0. The molecule has 29 heavy (non-hydrogen) atoms. The van der Waals surface area contributed by atoms with Crippen molar-refractivity contribution in [2.45, 2.75) is 26.8 Å². The monoisotopic (exact) mass is 411 g/mol. The number of nitrogens with zero attached hydrogens (tertiary/aromatic N) is 1. The van der Waals surface area contributed by atoms with Crippen molar-refractivity contribution in [3.05, 3.63) is 64.6 Å². The first-order valence-corrected chi connectivity index (χ1v) is 11.1. The first-order valence-electron chi connectivity index (χ1n) is 9.96. The topological polar surface area (TPSA) is 48.1 Å². The van der Waals surface area contributed by atoms with Crippen LogP contribution in [0.1, 0.15) is 22.4 Å². The lowest BCUT2D eigenvalue weighted by Gasteiger charge is -2.26. The highest BCUT2D eigenvalue weighted by Gasteiger charge is 2.15. The molecule has 1 fully saturated rings. The van der Waals surface area contributed by atoms with Crippen LogP contribution in [-0.2, 0) is 17.8 Å². The molecule has 2 heterocycles. The molecule has 0 bridgehead atoms. The van der Waals surface area contributed by atoms with Crippen molar-refractivity contribution in [1.82, 2.24) is 9.88 Å². The van der Waals surface area contributed by atoms with E-state index in [9.17, 15) is 9.18 Å². The molecule has 0 atom stereocenters. The Morgan fingerprint density at radius 1 is 1.17 bits per heavy atom. The van der Waals surface area contributed by atoms with E-state index >= 15 is 0 Å². The average molecular weight is 412 g/mol. The third-order valence-corrected chi connectivity index (χ3v) is 6.45. The SMILES string of the molecule is Cc1ccc(CN2CCSCC2)cc1NC(=O)Cc1c(C)[nH]c2ccc(F)cc12. The predicted octanol–water partition coefficient (Wildman–Crippen LogP) is 4.65. The number of rotatable bonds is 5. The molecule has 1 aliphatic heterocycles. The van der Waals surface area contributed by atoms with Gasteiger partial charge in [0.2, 0.25) is 5.91 Å². The summed E-state index contributed by atoms with van der Waals surface area (Å²) in [6.45, 7) is 7.05. The van der Waals surface area contributed by atoms with Gasteiger partial charge in [-0.05, 0) is 54.8 Å². The fourth-order valence-corrected chi connectivity index (χ4v) is 4.84. The molecular formula is C23H26FN3OS. The number of thioether (sulfide) groups is 1. The molecule has 0 saturated carbocycles. The van der Waals surface area contributed by atoms with E-state index in [-0.39, 0.29) is 18.1 Å². The molecule has 2 N–H and O–H groups in total. The molecule has 0 spiro atoms. The summed E-state index contributed by atoms with van der Waals surface area (Å²) in [6, 6.07) is 10.9. The van der Waals surface area contributed by atoms with E-state index in [0.29, 0.717) is 0 Å². The maximum atomic E-state index is 13.7. The van der Waals surface area contributed by atoms with Crippen molar-refractivity contribution < 1.29 is 9.18 Å². The number of amides is 1. The molecule has 4 nitrogen and oxygen atoms in total. The largest absolute Gasteiger partial charge is 0.358 e. The molecule has 0 aliphatic carbocycles. The number of benzene rings is 2. The number of aromatic amines is 1. The summed E-state index contributed by atoms with van der Waals surface area (Å²) in [5, 5.41) is 3.83. The van der Waals surface area contributed by atoms with Crippen LogP contribution >= 0.6 is 11.8 Å². The van der Waals surface area contributed by atoms with Crippen LogP contribution in [0.4, 0.5) is 10.1 Å². The van der Waals surface area contributed by atoms with Gasteiger partial charge >= 0.3 is 0 Å². The number of carbonyl (C=O) groups excluding carboxylic acids is 1. The van der Waals surface area contributed by atoms with Crippen molar-refractivity contribution in [3.63, 3.8) is 0 Å². The molecule has 1 amide bonds. The van der Waals surface area contributed by atoms with E-state index in [4.69, 9.17) is 0 Å². The van der Waals surface area contributed by atoms with Crippen LogP contribution in [0, 0.1) is 19.7 Å². The Morgan fingerprint density at radius 2 is 1.97 bits per heavy atom. The summed E-state index contributed by atoms with van der Waals surface area (Å²) in [7, 11) is 0. The van der Waals surface area contributed by atoms with Gasteiger partial charge in [-0.2, -0.15) is 11.8 Å². The predicted molar refractivity (Wildman–Crippen MR) is 119 cm³/mol. The molecule has 2 aromatic carbocycles. The van der Waals surface area contributed by atoms with Crippen LogP contribution < -0.4 is 5.32 Å². The molecule has 0 unspecified atom stereocenters. The second-order valence-electron chi connectivity index (χ2n) is 7.68. The fourth-order valence-electron chi connectivity index (χ4n) is 3.86. The van der Waals surface area contributed by atoms with E-state index in [0.717, 1.165) is 53.0 Å². The van der Waals surface area contributed by atoms with Crippen LogP contribution in [-0.4, -0.2) is 40.4 Å². The van der Waals surface area contributed by atoms with Crippen LogP contribution in [0.2, 0.25) is 0 Å². The van der Waals surface area contributed by atoms with Gasteiger partial charge in [-0.1, -0.05) is 12.1 Å². The van der Waals surface area contributed by atoms with Gasteiger partial charge in [0.15, 0.2) is 0 Å². The third kappa shape index (κ3) is 4.65. The van der Waals surface area contributed by atoms with E-state index in [1.807, 2.05) is 25.6 Å². The zero-order valence-corrected chi connectivity index (χ0v) is 17.7. The molecule has 1 saturated heterocycles. The highest BCUT2D eigenvalue weighted by Crippen LogP contribution is 2.25. The Hall–Kier alpha value is -2.31. The molecule has 152 valence electrons. The molecule has 3 aromatic rings. The van der Waals surface area contributed by atoms with Gasteiger partial charge in [0.25, 0.3) is 0 Å². The summed E-state index contributed by atoms with van der Waals surface area (Å²) in [4.78, 5) is 18.5. The number of hydrogen-bond acceptors (Lipinski definition) is 3. The quantitative estimate of drug-likeness (QED) is 0.642. The number of nitrogens with one attached hydrogen (secondary N) is 2. The van der Waals surface area contributed by atoms with Crippen LogP contribution in [0.5, 0.6) is 0 Å². The Morgan fingerprint density at radius 3 is 2.76 bits per heavy atom. The number of halogens is 1. The normalized spacial score (nSPS) is 15.0. The van der Waals surface area contributed by atoms with Gasteiger partial charge in [-0.25, -0.2) is 4.39 Å². The molecular weight excluding hydrogens is 385 g/mol. The van der Waals surface area contributed by atoms with Crippen molar-refractivity contribution in [2.24, 2.45) is 0 Å². The lowest BCUT2D eigenvalue weighted by molar-refractivity contribution is -0.115. The standard InChI is InChI=1S/C23H26FN3OS/c1-15-3-4-17(14-27-7-9-29-10-8-27)11-22(15)26-23(28)13-19-16(2)25-21-6-5-18(24)12-20(19)21/h3-6,11-12,25H,7-10,13-14H2,1-2H3,(H,26,28). The second kappa shape index (κ2) is 8.59. The molecule has 4 rings (SSSR count). The van der Waals surface area contributed by atoms with E-state index in [2.05, 4.69) is 33.4 Å². The van der Waals surface area contributed by atoms with Gasteiger partial charge in [0, 0.05) is 53.4 Å². The highest BCUT2D eigenvalue weighted by molar-refractivity contribution is 7.99. The average Bonchev–Trinajstić information content (AvgIpc) is 3.00. The zero-order valence-electron chi connectivity index (χ0n) is 16.8. The minimum absolute atomic E-state index is 0.0899. The number of fused-ring (bicyclic) bond motifs is 1. The Bertz CT molecular complexity index is 1040. The van der Waals surface area contributed by atoms with Gasteiger partial charge in [-0.15, -0.1) is 0 Å². The lowest BCUT2D eigenvalue weighted by atomic mass is 10.1. The van der Waals surface area contributed by atoms with Crippen molar-refractivity contribution >= 4 is 34.3 Å². The summed E-state index contributed by atoms with van der Waals surface area (Å²) in [5.74, 6) is 1.98. The Kier molecular flexibility index (Phi) is 5.92. The molecule has 1 aliphatic rings. The lowest BCUT2D eigenvalue weighted by Crippen LogP contribution is -2.32. The maximum Gasteiger partial charge on any atom is 0.228 e. The van der Waals surface area contributed by atoms with Crippen molar-refractivity contribution in [1.29, 1.82) is 0 Å². The highest BCUT2D eigenvalue weighted by atomic mass is 32.2. The summed E-state index contributed by atoms with van der Waals surface area (Å²) >= 11 is 2.00. The van der Waals surface area contributed by atoms with Crippen LogP contribution in [0.3, 0.4) is 0 Å². The molecule has 6 heteroatoms. The van der Waals surface area contributed by atoms with E-state index in [1.165, 1.54) is 29.2 Å². The minimum Gasteiger partial charge on any atom is -0.358 e. The number of aromatic nitrogens is 1. The number of carbonyl (C=O) groups is 1. The van der Waals surface area contributed by atoms with Crippen LogP contribution in [0.15, 0.2) is 36.4 Å². The number of H-pyrrole nitrogens is 1. The van der Waals surface area contributed by atoms with Gasteiger partial charge in [-0.3, -0.25) is 9.69 Å². The third-order valence-electron chi connectivity index (χ3n) is 5.50. The van der Waals surface area contributed by atoms with Crippen LogP contribution in [0.25, 0.3) is 10.9 Å².